The van der Waals surface area contributed by atoms with Crippen LogP contribution < -0.4 is 10.2 Å². The van der Waals surface area contributed by atoms with Gasteiger partial charge in [-0.15, -0.1) is 0 Å². The first-order chi connectivity index (χ1) is 13.9. The van der Waals surface area contributed by atoms with Gasteiger partial charge in [0.05, 0.1) is 11.5 Å². The summed E-state index contributed by atoms with van der Waals surface area (Å²) in [7, 11) is 0. The Morgan fingerprint density at radius 3 is 2.28 bits per heavy atom. The van der Waals surface area contributed by atoms with E-state index in [-0.39, 0.29) is 29.6 Å². The number of anilines is 1. The van der Waals surface area contributed by atoms with E-state index >= 15 is 0 Å². The largest absolute Gasteiger partial charge is 0.362 e. The van der Waals surface area contributed by atoms with Gasteiger partial charge in [0.1, 0.15) is 5.69 Å². The van der Waals surface area contributed by atoms with E-state index in [1.54, 1.807) is 15.9 Å². The third kappa shape index (κ3) is 4.82. The number of nitrogens with one attached hydrogen (secondary N) is 1. The van der Waals surface area contributed by atoms with Crippen molar-refractivity contribution in [2.45, 2.75) is 19.8 Å². The summed E-state index contributed by atoms with van der Waals surface area (Å²) < 4.78 is 0. The molecule has 2 fully saturated rings. The van der Waals surface area contributed by atoms with E-state index < -0.39 is 10.8 Å². The maximum absolute atomic E-state index is 12.4. The molecule has 0 unspecified atom stereocenters. The van der Waals surface area contributed by atoms with Crippen LogP contribution in [0.2, 0.25) is 0 Å². The molecule has 0 aromatic heterocycles. The minimum Gasteiger partial charge on any atom is -0.362 e. The van der Waals surface area contributed by atoms with Gasteiger partial charge < -0.3 is 20.0 Å². The highest BCUT2D eigenvalue weighted by Crippen LogP contribution is 2.30. The van der Waals surface area contributed by atoms with Gasteiger partial charge in [0, 0.05) is 57.8 Å². The van der Waals surface area contributed by atoms with Crippen molar-refractivity contribution in [3.05, 3.63) is 33.9 Å². The van der Waals surface area contributed by atoms with Crippen molar-refractivity contribution in [2.75, 3.05) is 50.7 Å². The highest BCUT2D eigenvalue weighted by molar-refractivity contribution is 5.97. The second-order valence-electron chi connectivity index (χ2n) is 7.22. The van der Waals surface area contributed by atoms with Gasteiger partial charge in [0.25, 0.3) is 11.6 Å². The lowest BCUT2D eigenvalue weighted by atomic mass is 10.1. The topological polar surface area (TPSA) is 116 Å². The normalized spacial score (nSPS) is 16.7. The lowest BCUT2D eigenvalue weighted by molar-refractivity contribution is -0.384. The van der Waals surface area contributed by atoms with Crippen molar-refractivity contribution < 1.29 is 19.3 Å². The van der Waals surface area contributed by atoms with E-state index in [0.29, 0.717) is 45.0 Å². The van der Waals surface area contributed by atoms with Crippen molar-refractivity contribution in [1.29, 1.82) is 0 Å². The minimum absolute atomic E-state index is 0.0188. The summed E-state index contributed by atoms with van der Waals surface area (Å²) in [4.78, 5) is 52.2. The highest BCUT2D eigenvalue weighted by Gasteiger charge is 2.26. The second-order valence-corrected chi connectivity index (χ2v) is 7.22. The maximum Gasteiger partial charge on any atom is 0.293 e. The molecular weight excluding hydrogens is 378 g/mol. The van der Waals surface area contributed by atoms with Crippen LogP contribution in [0.1, 0.15) is 30.1 Å². The molecule has 2 saturated heterocycles. The van der Waals surface area contributed by atoms with Crippen LogP contribution in [0, 0.1) is 10.1 Å². The lowest BCUT2D eigenvalue weighted by Gasteiger charge is -2.35. The van der Waals surface area contributed by atoms with Crippen molar-refractivity contribution in [1.82, 2.24) is 15.1 Å². The highest BCUT2D eigenvalue weighted by atomic mass is 16.6. The maximum atomic E-state index is 12.4. The summed E-state index contributed by atoms with van der Waals surface area (Å²) in [6.07, 6.45) is 1.93. The van der Waals surface area contributed by atoms with E-state index in [9.17, 15) is 24.5 Å². The van der Waals surface area contributed by atoms with Gasteiger partial charge in [-0.25, -0.2) is 0 Å². The Bertz CT molecular complexity index is 813. The fourth-order valence-corrected chi connectivity index (χ4v) is 3.68. The van der Waals surface area contributed by atoms with Crippen LogP contribution in [0.5, 0.6) is 0 Å². The monoisotopic (exact) mass is 403 g/mol. The van der Waals surface area contributed by atoms with Crippen molar-refractivity contribution >= 4 is 29.1 Å². The number of amides is 3. The number of carbonyl (C=O) groups excluding carboxylic acids is 3. The van der Waals surface area contributed by atoms with E-state index in [2.05, 4.69) is 5.32 Å². The number of hydrogen-bond acceptors (Lipinski definition) is 6. The second kappa shape index (κ2) is 8.89. The number of piperazine rings is 1. The molecule has 0 aliphatic carbocycles. The molecule has 0 bridgehead atoms. The smallest absolute Gasteiger partial charge is 0.293 e. The summed E-state index contributed by atoms with van der Waals surface area (Å²) in [6, 6.07) is 4.32. The number of likely N-dealkylation sites (tertiary alicyclic amines) is 1. The van der Waals surface area contributed by atoms with E-state index in [4.69, 9.17) is 0 Å². The standard InChI is InChI=1S/C19H25N5O5/c1-14(25)21-8-10-22(11-9-21)16-5-4-15(12-17(16)24(28)29)19(27)20-13-18(26)23-6-2-3-7-23/h4-5,12H,2-3,6-11,13H2,1H3,(H,20,27). The number of benzene rings is 1. The summed E-state index contributed by atoms with van der Waals surface area (Å²) in [6.45, 7) is 4.73. The third-order valence-electron chi connectivity index (χ3n) is 5.36. The molecule has 10 heteroatoms. The molecule has 1 aromatic rings. The predicted octanol–water partition coefficient (Wildman–Crippen LogP) is 0.616. The Labute approximate surface area is 168 Å². The number of rotatable bonds is 5. The first-order valence-electron chi connectivity index (χ1n) is 9.71. The van der Waals surface area contributed by atoms with Crippen LogP contribution in [-0.2, 0) is 9.59 Å². The van der Waals surface area contributed by atoms with Gasteiger partial charge >= 0.3 is 0 Å². The van der Waals surface area contributed by atoms with Crippen LogP contribution in [0.25, 0.3) is 0 Å². The molecule has 2 heterocycles. The molecule has 2 aliphatic rings. The van der Waals surface area contributed by atoms with Crippen LogP contribution in [0.4, 0.5) is 11.4 Å². The summed E-state index contributed by atoms with van der Waals surface area (Å²) >= 11 is 0. The van der Waals surface area contributed by atoms with Crippen LogP contribution in [0.3, 0.4) is 0 Å². The summed E-state index contributed by atoms with van der Waals surface area (Å²) in [5, 5.41) is 14.1. The average molecular weight is 403 g/mol. The van der Waals surface area contributed by atoms with E-state index in [1.807, 2.05) is 4.90 Å². The first-order valence-corrected chi connectivity index (χ1v) is 9.71. The fraction of sp³-hybridized carbons (Fsp3) is 0.526. The Hall–Kier alpha value is -3.17. The van der Waals surface area contributed by atoms with Crippen molar-refractivity contribution in [3.8, 4) is 0 Å². The molecule has 3 amide bonds. The lowest BCUT2D eigenvalue weighted by Crippen LogP contribution is -2.48. The molecule has 29 heavy (non-hydrogen) atoms. The molecule has 1 aromatic carbocycles. The van der Waals surface area contributed by atoms with Gasteiger partial charge in [0.2, 0.25) is 11.8 Å². The SMILES string of the molecule is CC(=O)N1CCN(c2ccc(C(=O)NCC(=O)N3CCCC3)cc2[N+](=O)[O-])CC1. The minimum atomic E-state index is -0.520. The number of carbonyl (C=O) groups is 3. The molecule has 10 nitrogen and oxygen atoms in total. The van der Waals surface area contributed by atoms with E-state index in [0.717, 1.165) is 12.8 Å². The molecular formula is C19H25N5O5. The molecule has 0 spiro atoms. The van der Waals surface area contributed by atoms with Gasteiger partial charge in [-0.1, -0.05) is 0 Å². The average Bonchev–Trinajstić information content (AvgIpc) is 3.26. The Morgan fingerprint density at radius 2 is 1.69 bits per heavy atom. The number of nitrogens with zero attached hydrogens (tertiary/aromatic N) is 4. The number of nitro groups is 1. The first kappa shape index (κ1) is 20.6. The quantitative estimate of drug-likeness (QED) is 0.569. The summed E-state index contributed by atoms with van der Waals surface area (Å²) in [5.41, 5.74) is 0.389. The predicted molar refractivity (Wildman–Crippen MR) is 106 cm³/mol. The molecule has 3 rings (SSSR count). The zero-order chi connectivity index (χ0) is 21.0. The Kier molecular flexibility index (Phi) is 6.30. The molecule has 0 saturated carbocycles. The zero-order valence-electron chi connectivity index (χ0n) is 16.4. The fourth-order valence-electron chi connectivity index (χ4n) is 3.68. The van der Waals surface area contributed by atoms with Gasteiger partial charge in [-0.05, 0) is 25.0 Å². The molecule has 0 atom stereocenters. The Balaban J connectivity index is 1.67. The van der Waals surface area contributed by atoms with Gasteiger partial charge in [0.15, 0.2) is 0 Å². The van der Waals surface area contributed by atoms with Crippen LogP contribution >= 0.6 is 0 Å². The zero-order valence-corrected chi connectivity index (χ0v) is 16.4. The number of nitro benzene ring substituents is 1. The molecule has 2 aliphatic heterocycles. The molecule has 1 N–H and O–H groups in total. The van der Waals surface area contributed by atoms with Crippen molar-refractivity contribution in [2.24, 2.45) is 0 Å². The summed E-state index contributed by atoms with van der Waals surface area (Å²) in [5.74, 6) is -0.687. The third-order valence-corrected chi connectivity index (χ3v) is 5.36. The van der Waals surface area contributed by atoms with Gasteiger partial charge in [-0.3, -0.25) is 24.5 Å². The molecule has 0 radical (unpaired) electrons. The molecule has 156 valence electrons. The number of hydrogen-bond donors (Lipinski definition) is 1. The van der Waals surface area contributed by atoms with Crippen LogP contribution in [0.15, 0.2) is 18.2 Å². The van der Waals surface area contributed by atoms with Crippen LogP contribution in [-0.4, -0.2) is 78.3 Å². The Morgan fingerprint density at radius 1 is 1.03 bits per heavy atom. The van der Waals surface area contributed by atoms with Gasteiger partial charge in [-0.2, -0.15) is 0 Å². The van der Waals surface area contributed by atoms with E-state index in [1.165, 1.54) is 19.1 Å². The van der Waals surface area contributed by atoms with Crippen molar-refractivity contribution in [3.63, 3.8) is 0 Å².